The molecule has 0 spiro atoms. The van der Waals surface area contributed by atoms with Crippen molar-refractivity contribution in [3.8, 4) is 5.75 Å². The van der Waals surface area contributed by atoms with Crippen molar-refractivity contribution in [2.75, 3.05) is 26.7 Å². The minimum Gasteiger partial charge on any atom is -0.435 e. The molecule has 1 aliphatic rings. The predicted molar refractivity (Wildman–Crippen MR) is 125 cm³/mol. The summed E-state index contributed by atoms with van der Waals surface area (Å²) in [6.45, 7) is 0.142. The number of benzene rings is 2. The van der Waals surface area contributed by atoms with Crippen LogP contribution in [0, 0.1) is 5.82 Å². The van der Waals surface area contributed by atoms with E-state index < -0.39 is 23.9 Å². The van der Waals surface area contributed by atoms with Gasteiger partial charge in [-0.15, -0.1) is 0 Å². The van der Waals surface area contributed by atoms with Crippen molar-refractivity contribution in [2.45, 2.75) is 18.9 Å². The maximum Gasteiger partial charge on any atom is 0.413 e. The first kappa shape index (κ1) is 23.9. The van der Waals surface area contributed by atoms with Crippen molar-refractivity contribution in [1.82, 2.24) is 20.5 Å². The van der Waals surface area contributed by atoms with E-state index in [1.807, 2.05) is 18.2 Å². The number of ether oxygens (including phenoxy) is 1. The first-order valence-electron chi connectivity index (χ1n) is 11.0. The number of hydrogen-bond donors (Lipinski definition) is 2. The van der Waals surface area contributed by atoms with Crippen molar-refractivity contribution < 1.29 is 27.9 Å². The van der Waals surface area contributed by atoms with Crippen molar-refractivity contribution >= 4 is 34.7 Å². The van der Waals surface area contributed by atoms with Crippen LogP contribution in [0.3, 0.4) is 0 Å². The standard InChI is InChI=1S/C24H24FN5O5/c1-26-18(23-29-17-5-2-3-7-20(17)35-23)13-27-22(32)19-6-4-12-30(19)21(31)14-28-24(33)34-16-10-8-15(25)9-11-16/h2-3,5,7-11,19H,4,6,12-14H2,1H3,(H,27,32)(H,28,33). The number of hydrogen-bond acceptors (Lipinski definition) is 7. The van der Waals surface area contributed by atoms with Gasteiger partial charge >= 0.3 is 6.09 Å². The van der Waals surface area contributed by atoms with Crippen LogP contribution in [0.2, 0.25) is 0 Å². The zero-order chi connectivity index (χ0) is 24.8. The number of para-hydroxylation sites is 2. The fourth-order valence-electron chi connectivity index (χ4n) is 3.77. The molecule has 1 atom stereocenters. The summed E-state index contributed by atoms with van der Waals surface area (Å²) in [6.07, 6.45) is 0.301. The van der Waals surface area contributed by atoms with Gasteiger partial charge in [0.1, 0.15) is 35.4 Å². The van der Waals surface area contributed by atoms with E-state index >= 15 is 0 Å². The SMILES string of the molecule is CN=C(CNC(=O)C1CCCN1C(=O)CNC(=O)Oc1ccc(F)cc1)c1nc2ccccc2o1. The third-order valence-electron chi connectivity index (χ3n) is 5.52. The van der Waals surface area contributed by atoms with E-state index in [-0.39, 0.29) is 24.7 Å². The van der Waals surface area contributed by atoms with Crippen LogP contribution in [-0.2, 0) is 9.59 Å². The van der Waals surface area contributed by atoms with Crippen LogP contribution in [-0.4, -0.2) is 66.2 Å². The van der Waals surface area contributed by atoms with Gasteiger partial charge in [0.2, 0.25) is 17.7 Å². The van der Waals surface area contributed by atoms with Gasteiger partial charge in [-0.3, -0.25) is 14.6 Å². The fourth-order valence-corrected chi connectivity index (χ4v) is 3.77. The Kier molecular flexibility index (Phi) is 7.34. The molecule has 1 fully saturated rings. The average molecular weight is 481 g/mol. The Bertz CT molecular complexity index is 1220. The molecule has 2 heterocycles. The first-order valence-corrected chi connectivity index (χ1v) is 11.0. The molecule has 11 heteroatoms. The van der Waals surface area contributed by atoms with Crippen LogP contribution in [0.4, 0.5) is 9.18 Å². The number of carbonyl (C=O) groups excluding carboxylic acids is 3. The summed E-state index contributed by atoms with van der Waals surface area (Å²) in [5.74, 6) is -0.749. The molecule has 1 aromatic heterocycles. The monoisotopic (exact) mass is 481 g/mol. The molecule has 1 unspecified atom stereocenters. The number of nitrogens with one attached hydrogen (secondary N) is 2. The van der Waals surface area contributed by atoms with Crippen molar-refractivity contribution in [1.29, 1.82) is 0 Å². The van der Waals surface area contributed by atoms with Crippen molar-refractivity contribution in [3.63, 3.8) is 0 Å². The van der Waals surface area contributed by atoms with E-state index in [4.69, 9.17) is 9.15 Å². The van der Waals surface area contributed by atoms with Gasteiger partial charge in [0.15, 0.2) is 5.58 Å². The van der Waals surface area contributed by atoms with Gasteiger partial charge in [0.05, 0.1) is 6.54 Å². The number of fused-ring (bicyclic) bond motifs is 1. The summed E-state index contributed by atoms with van der Waals surface area (Å²) in [5.41, 5.74) is 1.77. The van der Waals surface area contributed by atoms with E-state index in [0.717, 1.165) is 12.1 Å². The van der Waals surface area contributed by atoms with E-state index in [1.54, 1.807) is 13.1 Å². The minimum atomic E-state index is -0.854. The number of oxazole rings is 1. The first-order chi connectivity index (χ1) is 16.9. The minimum absolute atomic E-state index is 0.0862. The van der Waals surface area contributed by atoms with Gasteiger partial charge in [-0.2, -0.15) is 0 Å². The molecule has 2 N–H and O–H groups in total. The lowest BCUT2D eigenvalue weighted by molar-refractivity contribution is -0.137. The van der Waals surface area contributed by atoms with E-state index in [9.17, 15) is 18.8 Å². The number of nitrogens with zero attached hydrogens (tertiary/aromatic N) is 3. The Labute approximate surface area is 200 Å². The quantitative estimate of drug-likeness (QED) is 0.499. The molecule has 182 valence electrons. The van der Waals surface area contributed by atoms with Crippen LogP contribution >= 0.6 is 0 Å². The predicted octanol–water partition coefficient (Wildman–Crippen LogP) is 2.28. The summed E-state index contributed by atoms with van der Waals surface area (Å²) in [4.78, 5) is 47.4. The molecule has 2 aromatic carbocycles. The van der Waals surface area contributed by atoms with Gasteiger partial charge in [0, 0.05) is 13.6 Å². The average Bonchev–Trinajstić information content (AvgIpc) is 3.52. The van der Waals surface area contributed by atoms with Gasteiger partial charge in [-0.05, 0) is 49.2 Å². The molecule has 4 rings (SSSR count). The van der Waals surface area contributed by atoms with Gasteiger partial charge < -0.3 is 24.7 Å². The molecular weight excluding hydrogens is 457 g/mol. The largest absolute Gasteiger partial charge is 0.435 e. The summed E-state index contributed by atoms with van der Waals surface area (Å²) in [6, 6.07) is 11.5. The lowest BCUT2D eigenvalue weighted by Gasteiger charge is -2.24. The van der Waals surface area contributed by atoms with Crippen LogP contribution in [0.25, 0.3) is 11.1 Å². The van der Waals surface area contributed by atoms with Crippen LogP contribution in [0.5, 0.6) is 5.75 Å². The number of carbonyl (C=O) groups is 3. The lowest BCUT2D eigenvalue weighted by atomic mass is 10.2. The second-order valence-corrected chi connectivity index (χ2v) is 7.82. The molecule has 0 radical (unpaired) electrons. The number of amides is 3. The van der Waals surface area contributed by atoms with Gasteiger partial charge in [-0.1, -0.05) is 12.1 Å². The Morgan fingerprint density at radius 1 is 1.14 bits per heavy atom. The van der Waals surface area contributed by atoms with Crippen LogP contribution in [0.1, 0.15) is 18.7 Å². The Morgan fingerprint density at radius 2 is 1.91 bits per heavy atom. The highest BCUT2D eigenvalue weighted by Crippen LogP contribution is 2.18. The molecule has 0 saturated carbocycles. The summed E-state index contributed by atoms with van der Waals surface area (Å²) in [5, 5.41) is 5.16. The molecule has 0 bridgehead atoms. The third kappa shape index (κ3) is 5.81. The fraction of sp³-hybridized carbons (Fsp3) is 0.292. The number of likely N-dealkylation sites (tertiary alicyclic amines) is 1. The molecular formula is C24H24FN5O5. The molecule has 1 saturated heterocycles. The number of aromatic nitrogens is 1. The maximum atomic E-state index is 12.9. The highest BCUT2D eigenvalue weighted by molar-refractivity contribution is 6.02. The zero-order valence-corrected chi connectivity index (χ0v) is 19.0. The highest BCUT2D eigenvalue weighted by atomic mass is 19.1. The molecule has 0 aliphatic carbocycles. The Hall–Kier alpha value is -4.28. The van der Waals surface area contributed by atoms with Crippen molar-refractivity contribution in [2.24, 2.45) is 4.99 Å². The number of rotatable bonds is 7. The Morgan fingerprint density at radius 3 is 2.66 bits per heavy atom. The second kappa shape index (κ2) is 10.8. The molecule has 10 nitrogen and oxygen atoms in total. The normalized spacial score (nSPS) is 15.8. The molecule has 1 aliphatic heterocycles. The van der Waals surface area contributed by atoms with Crippen LogP contribution < -0.4 is 15.4 Å². The van der Waals surface area contributed by atoms with Gasteiger partial charge in [-0.25, -0.2) is 14.2 Å². The number of halogens is 1. The smallest absolute Gasteiger partial charge is 0.413 e. The lowest BCUT2D eigenvalue weighted by Crippen LogP contribution is -2.50. The molecule has 35 heavy (non-hydrogen) atoms. The summed E-state index contributed by atoms with van der Waals surface area (Å²) in [7, 11) is 1.58. The topological polar surface area (TPSA) is 126 Å². The Balaban J connectivity index is 1.29. The van der Waals surface area contributed by atoms with E-state index in [0.29, 0.717) is 42.1 Å². The van der Waals surface area contributed by atoms with Crippen LogP contribution in [0.15, 0.2) is 57.9 Å². The zero-order valence-electron chi connectivity index (χ0n) is 19.0. The second-order valence-electron chi connectivity index (χ2n) is 7.82. The summed E-state index contributed by atoms with van der Waals surface area (Å²) < 4.78 is 23.7. The van der Waals surface area contributed by atoms with E-state index in [1.165, 1.54) is 17.0 Å². The molecule has 3 aromatic rings. The summed E-state index contributed by atoms with van der Waals surface area (Å²) >= 11 is 0. The number of aliphatic imine (C=N–C) groups is 1. The third-order valence-corrected chi connectivity index (χ3v) is 5.52. The van der Waals surface area contributed by atoms with E-state index in [2.05, 4.69) is 20.6 Å². The van der Waals surface area contributed by atoms with Crippen molar-refractivity contribution in [3.05, 3.63) is 60.2 Å². The molecule has 3 amide bonds. The highest BCUT2D eigenvalue weighted by Gasteiger charge is 2.34. The van der Waals surface area contributed by atoms with Gasteiger partial charge in [0.25, 0.3) is 0 Å². The maximum absolute atomic E-state index is 12.9.